The Hall–Kier alpha value is -1.57. The van der Waals surface area contributed by atoms with E-state index in [1.807, 2.05) is 24.3 Å². The monoisotopic (exact) mass is 261 g/mol. The predicted octanol–water partition coefficient (Wildman–Crippen LogP) is 3.29. The third-order valence-corrected chi connectivity index (χ3v) is 3.40. The van der Waals surface area contributed by atoms with Gasteiger partial charge in [0, 0.05) is 10.8 Å². The summed E-state index contributed by atoms with van der Waals surface area (Å²) in [4.78, 5) is 0. The molecule has 2 aromatic rings. The molecule has 0 spiro atoms. The van der Waals surface area contributed by atoms with E-state index in [-0.39, 0.29) is 0 Å². The minimum atomic E-state index is 0.555. The molecule has 0 bridgehead atoms. The lowest BCUT2D eigenvalue weighted by molar-refractivity contribution is 0.919. The number of nitriles is 1. The molecule has 0 aliphatic carbocycles. The van der Waals surface area contributed by atoms with Crippen molar-refractivity contribution in [3.63, 3.8) is 0 Å². The Morgan fingerprint density at radius 1 is 1.24 bits per heavy atom. The largest absolute Gasteiger partial charge is 0.192 e. The van der Waals surface area contributed by atoms with Gasteiger partial charge >= 0.3 is 0 Å². The smallest absolute Gasteiger partial charge is 0.137 e. The summed E-state index contributed by atoms with van der Waals surface area (Å²) in [5.41, 5.74) is 1.69. The van der Waals surface area contributed by atoms with E-state index in [1.54, 1.807) is 6.07 Å². The topological polar surface area (TPSA) is 49.6 Å². The number of benzene rings is 1. The number of halogens is 1. The number of nitrogens with zero attached hydrogens (tertiary/aromatic N) is 3. The molecule has 0 amide bonds. The lowest BCUT2D eigenvalue weighted by Gasteiger charge is -2.02. The molecule has 0 fully saturated rings. The van der Waals surface area contributed by atoms with E-state index in [4.69, 9.17) is 16.9 Å². The summed E-state index contributed by atoms with van der Waals surface area (Å²) < 4.78 is 0. The van der Waals surface area contributed by atoms with Gasteiger partial charge in [0.05, 0.1) is 11.8 Å². The summed E-state index contributed by atoms with van der Waals surface area (Å²) in [6, 6.07) is 11.4. The molecule has 1 heterocycles. The van der Waals surface area contributed by atoms with E-state index in [0.717, 1.165) is 16.3 Å². The molecular weight excluding hydrogens is 254 g/mol. The summed E-state index contributed by atoms with van der Waals surface area (Å²) in [5.74, 6) is 0.741. The van der Waals surface area contributed by atoms with Crippen molar-refractivity contribution in [1.29, 1.82) is 5.26 Å². The molecule has 0 radical (unpaired) electrons. The number of hydrogen-bond acceptors (Lipinski definition) is 4. The molecule has 0 aliphatic heterocycles. The second kappa shape index (κ2) is 5.67. The lowest BCUT2D eigenvalue weighted by atomic mass is 10.2. The van der Waals surface area contributed by atoms with Gasteiger partial charge in [-0.15, -0.1) is 5.10 Å². The molecular formula is C12H8ClN3S. The fraction of sp³-hybridized carbons (Fsp3) is 0.0833. The van der Waals surface area contributed by atoms with Crippen LogP contribution in [0, 0.1) is 11.3 Å². The molecule has 5 heteroatoms. The standard InChI is InChI=1S/C12H8ClN3S/c13-11-3-1-9(2-4-11)8-17-12-10(7-14)5-6-15-16-12/h1-6H,8H2. The van der Waals surface area contributed by atoms with Crippen LogP contribution in [-0.2, 0) is 5.75 Å². The van der Waals surface area contributed by atoms with Gasteiger partial charge in [0.15, 0.2) is 0 Å². The van der Waals surface area contributed by atoms with Crippen molar-refractivity contribution >= 4 is 23.4 Å². The van der Waals surface area contributed by atoms with E-state index in [2.05, 4.69) is 16.3 Å². The minimum Gasteiger partial charge on any atom is -0.192 e. The Morgan fingerprint density at radius 2 is 2.00 bits per heavy atom. The maximum atomic E-state index is 8.90. The lowest BCUT2D eigenvalue weighted by Crippen LogP contribution is -1.90. The number of hydrogen-bond donors (Lipinski definition) is 0. The van der Waals surface area contributed by atoms with Gasteiger partial charge < -0.3 is 0 Å². The molecule has 0 atom stereocenters. The molecule has 0 unspecified atom stereocenters. The fourth-order valence-electron chi connectivity index (χ4n) is 1.24. The Labute approximate surface area is 108 Å². The molecule has 0 aliphatic rings. The molecule has 0 saturated carbocycles. The van der Waals surface area contributed by atoms with Crippen LogP contribution in [0.5, 0.6) is 0 Å². The first-order chi connectivity index (χ1) is 8.29. The second-order valence-electron chi connectivity index (χ2n) is 3.28. The molecule has 1 aromatic carbocycles. The maximum absolute atomic E-state index is 8.90. The van der Waals surface area contributed by atoms with Gasteiger partial charge in [0.1, 0.15) is 11.1 Å². The van der Waals surface area contributed by atoms with E-state index in [9.17, 15) is 0 Å². The summed E-state index contributed by atoms with van der Waals surface area (Å²) in [5, 5.41) is 18.0. The Balaban J connectivity index is 2.08. The molecule has 17 heavy (non-hydrogen) atoms. The number of aromatic nitrogens is 2. The summed E-state index contributed by atoms with van der Waals surface area (Å²) in [6.45, 7) is 0. The van der Waals surface area contributed by atoms with E-state index in [1.165, 1.54) is 18.0 Å². The molecule has 3 nitrogen and oxygen atoms in total. The second-order valence-corrected chi connectivity index (χ2v) is 4.68. The average molecular weight is 262 g/mol. The molecule has 0 N–H and O–H groups in total. The van der Waals surface area contributed by atoms with Gasteiger partial charge in [0.25, 0.3) is 0 Å². The van der Waals surface area contributed by atoms with E-state index >= 15 is 0 Å². The highest BCUT2D eigenvalue weighted by Gasteiger charge is 2.04. The van der Waals surface area contributed by atoms with Crippen LogP contribution >= 0.6 is 23.4 Å². The minimum absolute atomic E-state index is 0.555. The van der Waals surface area contributed by atoms with Gasteiger partial charge in [-0.05, 0) is 23.8 Å². The quantitative estimate of drug-likeness (QED) is 0.796. The highest BCUT2D eigenvalue weighted by atomic mass is 35.5. The van der Waals surface area contributed by atoms with Gasteiger partial charge in [-0.2, -0.15) is 10.4 Å². The van der Waals surface area contributed by atoms with Crippen LogP contribution < -0.4 is 0 Å². The average Bonchev–Trinajstić information content (AvgIpc) is 2.38. The first-order valence-corrected chi connectivity index (χ1v) is 6.25. The predicted molar refractivity (Wildman–Crippen MR) is 67.8 cm³/mol. The van der Waals surface area contributed by atoms with Crippen molar-refractivity contribution in [2.45, 2.75) is 10.8 Å². The fourth-order valence-corrected chi connectivity index (χ4v) is 2.24. The Kier molecular flexibility index (Phi) is 3.97. The summed E-state index contributed by atoms with van der Waals surface area (Å²) >= 11 is 7.30. The molecule has 0 saturated heterocycles. The van der Waals surface area contributed by atoms with Crippen molar-refractivity contribution in [2.75, 3.05) is 0 Å². The number of thioether (sulfide) groups is 1. The first-order valence-electron chi connectivity index (χ1n) is 4.88. The van der Waals surface area contributed by atoms with Crippen LogP contribution in [0.1, 0.15) is 11.1 Å². The van der Waals surface area contributed by atoms with Crippen LogP contribution in [-0.4, -0.2) is 10.2 Å². The Bertz CT molecular complexity index is 548. The SMILES string of the molecule is N#Cc1ccnnc1SCc1ccc(Cl)cc1. The normalized spacial score (nSPS) is 9.88. The summed E-state index contributed by atoms with van der Waals surface area (Å²) in [6.07, 6.45) is 1.52. The zero-order chi connectivity index (χ0) is 12.1. The van der Waals surface area contributed by atoms with Crippen LogP contribution in [0.15, 0.2) is 41.6 Å². The molecule has 84 valence electrons. The number of rotatable bonds is 3. The van der Waals surface area contributed by atoms with E-state index in [0.29, 0.717) is 10.6 Å². The third kappa shape index (κ3) is 3.19. The zero-order valence-corrected chi connectivity index (χ0v) is 10.4. The van der Waals surface area contributed by atoms with Crippen LogP contribution in [0.3, 0.4) is 0 Å². The van der Waals surface area contributed by atoms with Crippen LogP contribution in [0.25, 0.3) is 0 Å². The van der Waals surface area contributed by atoms with Gasteiger partial charge in [-0.1, -0.05) is 35.5 Å². The van der Waals surface area contributed by atoms with Crippen LogP contribution in [0.4, 0.5) is 0 Å². The van der Waals surface area contributed by atoms with Crippen molar-refractivity contribution in [1.82, 2.24) is 10.2 Å². The third-order valence-electron chi connectivity index (χ3n) is 2.10. The van der Waals surface area contributed by atoms with Crippen molar-refractivity contribution < 1.29 is 0 Å². The molecule has 2 rings (SSSR count). The van der Waals surface area contributed by atoms with Gasteiger partial charge in [-0.3, -0.25) is 0 Å². The summed E-state index contributed by atoms with van der Waals surface area (Å²) in [7, 11) is 0. The molecule has 1 aromatic heterocycles. The highest BCUT2D eigenvalue weighted by Crippen LogP contribution is 2.23. The van der Waals surface area contributed by atoms with Crippen molar-refractivity contribution in [2.24, 2.45) is 0 Å². The van der Waals surface area contributed by atoms with Crippen molar-refractivity contribution in [3.05, 3.63) is 52.7 Å². The Morgan fingerprint density at radius 3 is 2.71 bits per heavy atom. The maximum Gasteiger partial charge on any atom is 0.137 e. The highest BCUT2D eigenvalue weighted by molar-refractivity contribution is 7.98. The first kappa shape index (κ1) is 11.9. The zero-order valence-electron chi connectivity index (χ0n) is 8.80. The van der Waals surface area contributed by atoms with Gasteiger partial charge in [-0.25, -0.2) is 0 Å². The van der Waals surface area contributed by atoms with Crippen LogP contribution in [0.2, 0.25) is 5.02 Å². The van der Waals surface area contributed by atoms with Crippen molar-refractivity contribution in [3.8, 4) is 6.07 Å². The van der Waals surface area contributed by atoms with Gasteiger partial charge in [0.2, 0.25) is 0 Å². The van der Waals surface area contributed by atoms with E-state index < -0.39 is 0 Å².